The van der Waals surface area contributed by atoms with E-state index in [0.29, 0.717) is 5.65 Å². The lowest BCUT2D eigenvalue weighted by Gasteiger charge is -2.07. The highest BCUT2D eigenvalue weighted by atomic mass is 15.1. The topological polar surface area (TPSA) is 92.5 Å². The number of imidazole rings is 1. The molecule has 0 saturated carbocycles. The molecule has 0 atom stereocenters. The van der Waals surface area contributed by atoms with Crippen molar-refractivity contribution < 1.29 is 0 Å². The molecule has 2 aromatic rings. The number of aromatic nitrogens is 4. The summed E-state index contributed by atoms with van der Waals surface area (Å²) in [5, 5.41) is 3.31. The number of hydrogen-bond donors (Lipinski definition) is 3. The molecule has 0 unspecified atom stereocenters. The summed E-state index contributed by atoms with van der Waals surface area (Å²) in [4.78, 5) is 15.4. The van der Waals surface area contributed by atoms with E-state index in [4.69, 9.17) is 5.73 Å². The van der Waals surface area contributed by atoms with Gasteiger partial charge in [0.15, 0.2) is 11.5 Å². The number of nitrogens with one attached hydrogen (secondary N) is 2. The van der Waals surface area contributed by atoms with Crippen molar-refractivity contribution >= 4 is 22.9 Å². The van der Waals surface area contributed by atoms with Crippen LogP contribution in [0.3, 0.4) is 0 Å². The normalized spacial score (nSPS) is 11.3. The number of nitrogens with zero attached hydrogens (tertiary/aromatic N) is 3. The van der Waals surface area contributed by atoms with Crippen LogP contribution in [0.5, 0.6) is 0 Å². The second-order valence-electron chi connectivity index (χ2n) is 5.56. The molecule has 2 heterocycles. The third-order valence-electron chi connectivity index (χ3n) is 3.30. The Kier molecular flexibility index (Phi) is 5.15. The number of rotatable bonds is 8. The molecule has 0 aliphatic carbocycles. The van der Waals surface area contributed by atoms with Crippen LogP contribution < -0.4 is 11.1 Å². The molecule has 2 rings (SSSR count). The standard InChI is InChI=1S/C14H24N6/c1-10(2)7-5-3-4-6-8-16-12-11-13(18-9-17-11)20-14(15)19-12/h9-10H,3-8H2,1-2H3,(H4,15,16,17,18,19,20). The molecule has 0 fully saturated rings. The third-order valence-corrected chi connectivity index (χ3v) is 3.30. The Hall–Kier alpha value is -1.85. The molecule has 0 radical (unpaired) electrons. The maximum Gasteiger partial charge on any atom is 0.224 e. The molecule has 0 bridgehead atoms. The van der Waals surface area contributed by atoms with Crippen molar-refractivity contribution in [2.75, 3.05) is 17.6 Å². The maximum atomic E-state index is 5.67. The highest BCUT2D eigenvalue weighted by molar-refractivity contribution is 5.83. The Morgan fingerprint density at radius 2 is 2.00 bits per heavy atom. The highest BCUT2D eigenvalue weighted by Crippen LogP contribution is 2.17. The molecule has 0 amide bonds. The molecule has 0 spiro atoms. The molecule has 0 aliphatic rings. The summed E-state index contributed by atoms with van der Waals surface area (Å²) in [6.07, 6.45) is 7.93. The van der Waals surface area contributed by atoms with Gasteiger partial charge in [-0.2, -0.15) is 9.97 Å². The first kappa shape index (κ1) is 14.6. The van der Waals surface area contributed by atoms with Crippen LogP contribution in [-0.4, -0.2) is 26.5 Å². The minimum atomic E-state index is 0.254. The zero-order valence-electron chi connectivity index (χ0n) is 12.3. The van der Waals surface area contributed by atoms with Crippen molar-refractivity contribution in [2.45, 2.75) is 46.0 Å². The molecule has 6 nitrogen and oxygen atoms in total. The second-order valence-corrected chi connectivity index (χ2v) is 5.56. The number of fused-ring (bicyclic) bond motifs is 1. The summed E-state index contributed by atoms with van der Waals surface area (Å²) in [5.41, 5.74) is 7.09. The third kappa shape index (κ3) is 4.08. The van der Waals surface area contributed by atoms with E-state index in [0.717, 1.165) is 30.2 Å². The van der Waals surface area contributed by atoms with Crippen molar-refractivity contribution in [3.05, 3.63) is 6.33 Å². The monoisotopic (exact) mass is 276 g/mol. The van der Waals surface area contributed by atoms with E-state index in [1.807, 2.05) is 0 Å². The molecule has 110 valence electrons. The van der Waals surface area contributed by atoms with E-state index < -0.39 is 0 Å². The van der Waals surface area contributed by atoms with Crippen molar-refractivity contribution in [1.29, 1.82) is 0 Å². The van der Waals surface area contributed by atoms with Crippen LogP contribution in [0.15, 0.2) is 6.33 Å². The first-order valence-electron chi connectivity index (χ1n) is 7.37. The Bertz CT molecular complexity index is 533. The van der Waals surface area contributed by atoms with Gasteiger partial charge >= 0.3 is 0 Å². The van der Waals surface area contributed by atoms with Crippen molar-refractivity contribution in [3.8, 4) is 0 Å². The first-order chi connectivity index (χ1) is 9.66. The van der Waals surface area contributed by atoms with E-state index in [9.17, 15) is 0 Å². The summed E-state index contributed by atoms with van der Waals surface area (Å²) in [7, 11) is 0. The van der Waals surface area contributed by atoms with Crippen LogP contribution in [0, 0.1) is 5.92 Å². The fraction of sp³-hybridized carbons (Fsp3) is 0.643. The minimum Gasteiger partial charge on any atom is -0.368 e. The second kappa shape index (κ2) is 7.07. The summed E-state index contributed by atoms with van der Waals surface area (Å²) < 4.78 is 0. The van der Waals surface area contributed by atoms with Gasteiger partial charge in [-0.1, -0.05) is 39.5 Å². The van der Waals surface area contributed by atoms with Gasteiger partial charge in [-0.15, -0.1) is 0 Å². The van der Waals surface area contributed by atoms with Crippen molar-refractivity contribution in [2.24, 2.45) is 5.92 Å². The van der Waals surface area contributed by atoms with E-state index in [-0.39, 0.29) is 5.95 Å². The largest absolute Gasteiger partial charge is 0.368 e. The predicted molar refractivity (Wildman–Crippen MR) is 82.5 cm³/mol. The molecular formula is C14H24N6. The summed E-state index contributed by atoms with van der Waals surface area (Å²) in [6.45, 7) is 5.44. The average Bonchev–Trinajstić information content (AvgIpc) is 2.85. The number of unbranched alkanes of at least 4 members (excludes halogenated alkanes) is 3. The average molecular weight is 276 g/mol. The van der Waals surface area contributed by atoms with Gasteiger partial charge in [0.25, 0.3) is 0 Å². The van der Waals surface area contributed by atoms with Crippen LogP contribution in [0.2, 0.25) is 0 Å². The Balaban J connectivity index is 1.74. The number of H-pyrrole nitrogens is 1. The molecule has 0 aromatic carbocycles. The van der Waals surface area contributed by atoms with Gasteiger partial charge in [0.1, 0.15) is 5.52 Å². The van der Waals surface area contributed by atoms with Crippen molar-refractivity contribution in [1.82, 2.24) is 19.9 Å². The van der Waals surface area contributed by atoms with E-state index >= 15 is 0 Å². The Labute approximate surface area is 119 Å². The summed E-state index contributed by atoms with van der Waals surface area (Å²) >= 11 is 0. The summed E-state index contributed by atoms with van der Waals surface area (Å²) in [5.74, 6) is 1.81. The molecular weight excluding hydrogens is 252 g/mol. The molecule has 0 aliphatic heterocycles. The van der Waals surface area contributed by atoms with Crippen LogP contribution in [0.1, 0.15) is 46.0 Å². The van der Waals surface area contributed by atoms with Crippen LogP contribution in [-0.2, 0) is 0 Å². The quantitative estimate of drug-likeness (QED) is 0.645. The summed E-state index contributed by atoms with van der Waals surface area (Å²) in [6, 6.07) is 0. The fourth-order valence-electron chi connectivity index (χ4n) is 2.22. The molecule has 6 heteroatoms. The Morgan fingerprint density at radius 1 is 1.20 bits per heavy atom. The van der Waals surface area contributed by atoms with Crippen LogP contribution >= 0.6 is 0 Å². The SMILES string of the molecule is CC(C)CCCCCCNc1nc(N)nc2nc[nH]c12. The number of nitrogen functional groups attached to an aromatic ring is 1. The number of hydrogen-bond acceptors (Lipinski definition) is 5. The lowest BCUT2D eigenvalue weighted by atomic mass is 10.0. The number of aromatic amines is 1. The molecule has 20 heavy (non-hydrogen) atoms. The fourth-order valence-corrected chi connectivity index (χ4v) is 2.22. The van der Waals surface area contributed by atoms with Gasteiger partial charge in [-0.05, 0) is 12.3 Å². The zero-order chi connectivity index (χ0) is 14.4. The van der Waals surface area contributed by atoms with Gasteiger partial charge in [0.2, 0.25) is 5.95 Å². The van der Waals surface area contributed by atoms with Gasteiger partial charge in [0, 0.05) is 6.54 Å². The zero-order valence-corrected chi connectivity index (χ0v) is 12.3. The van der Waals surface area contributed by atoms with Gasteiger partial charge in [-0.25, -0.2) is 4.98 Å². The van der Waals surface area contributed by atoms with E-state index in [1.54, 1.807) is 6.33 Å². The maximum absolute atomic E-state index is 5.67. The molecule has 0 saturated heterocycles. The Morgan fingerprint density at radius 3 is 2.80 bits per heavy atom. The van der Waals surface area contributed by atoms with Gasteiger partial charge < -0.3 is 16.0 Å². The van der Waals surface area contributed by atoms with Gasteiger partial charge in [-0.3, -0.25) is 0 Å². The number of nitrogens with two attached hydrogens (primary N) is 1. The van der Waals surface area contributed by atoms with Crippen LogP contribution in [0.25, 0.3) is 11.2 Å². The predicted octanol–water partition coefficient (Wildman–Crippen LogP) is 2.95. The van der Waals surface area contributed by atoms with Crippen molar-refractivity contribution in [3.63, 3.8) is 0 Å². The minimum absolute atomic E-state index is 0.254. The highest BCUT2D eigenvalue weighted by Gasteiger charge is 2.07. The lowest BCUT2D eigenvalue weighted by molar-refractivity contribution is 0.523. The van der Waals surface area contributed by atoms with Crippen LogP contribution in [0.4, 0.5) is 11.8 Å². The molecule has 4 N–H and O–H groups in total. The van der Waals surface area contributed by atoms with E-state index in [1.165, 1.54) is 25.7 Å². The smallest absolute Gasteiger partial charge is 0.224 e. The lowest BCUT2D eigenvalue weighted by Crippen LogP contribution is -2.06. The van der Waals surface area contributed by atoms with E-state index in [2.05, 4.69) is 39.1 Å². The number of anilines is 2. The first-order valence-corrected chi connectivity index (χ1v) is 7.37. The molecule has 2 aromatic heterocycles. The van der Waals surface area contributed by atoms with Gasteiger partial charge in [0.05, 0.1) is 6.33 Å².